The van der Waals surface area contributed by atoms with Crippen molar-refractivity contribution in [2.75, 3.05) is 17.7 Å². The number of hydrogen-bond donors (Lipinski definition) is 3. The molecule has 2 heterocycles. The highest BCUT2D eigenvalue weighted by atomic mass is 15.3. The Morgan fingerprint density at radius 3 is 1.43 bits per heavy atom. The van der Waals surface area contributed by atoms with E-state index in [9.17, 15) is 0 Å². The lowest BCUT2D eigenvalue weighted by molar-refractivity contribution is 0.209. The van der Waals surface area contributed by atoms with Gasteiger partial charge < -0.3 is 10.6 Å². The summed E-state index contributed by atoms with van der Waals surface area (Å²) >= 11 is 0. The van der Waals surface area contributed by atoms with Crippen LogP contribution in [-0.2, 0) is 0 Å². The van der Waals surface area contributed by atoms with Gasteiger partial charge in [-0.05, 0) is 131 Å². The molecular weight excluding hydrogens is 765 g/mol. The van der Waals surface area contributed by atoms with Crippen LogP contribution < -0.4 is 16.0 Å². The van der Waals surface area contributed by atoms with E-state index in [0.29, 0.717) is 0 Å². The normalized spacial score (nSPS) is 18.4. The van der Waals surface area contributed by atoms with E-state index in [2.05, 4.69) is 246 Å². The molecule has 0 spiro atoms. The number of hydrogen-bond acceptors (Lipinski definition) is 4. The Labute approximate surface area is 368 Å². The zero-order chi connectivity index (χ0) is 41.9. The number of rotatable bonds is 6. The van der Waals surface area contributed by atoms with Crippen molar-refractivity contribution in [1.82, 2.24) is 10.2 Å². The fourth-order valence-electron chi connectivity index (χ4n) is 10.1. The second kappa shape index (κ2) is 15.4. The first kappa shape index (κ1) is 37.3. The molecule has 4 unspecified atom stereocenters. The molecule has 0 bridgehead atoms. The lowest BCUT2D eigenvalue weighted by Gasteiger charge is -2.42. The smallest absolute Gasteiger partial charge is 0.106 e. The summed E-state index contributed by atoms with van der Waals surface area (Å²) in [4.78, 5) is 2.48. The molecule has 2 aliphatic heterocycles. The molecule has 4 heteroatoms. The standard InChI is InChI=1S/C59H46N4/c1-63-57(43-26-20-41(21-27-43)47-29-23-39-11-3-5-13-45(39)35-47)53-15-7-9-17-55(53)61-59(63)51-33-31-48-36-50(32-30-49(48)37-51)58-60-54-16-8-6-14-52(54)56(62-58)42-24-18-40(19-25-42)46-28-22-38-10-2-4-12-44(38)34-46/h2-37,56-62H,1H3. The predicted octanol–water partition coefficient (Wildman–Crippen LogP) is 14.4. The van der Waals surface area contributed by atoms with E-state index in [1.165, 1.54) is 93.6 Å². The van der Waals surface area contributed by atoms with Crippen LogP contribution >= 0.6 is 0 Å². The molecule has 2 aliphatic rings. The number of para-hydroxylation sites is 2. The second-order valence-electron chi connectivity index (χ2n) is 17.2. The molecule has 4 nitrogen and oxygen atoms in total. The number of benzene rings is 10. The molecule has 4 atom stereocenters. The van der Waals surface area contributed by atoms with E-state index in [4.69, 9.17) is 0 Å². The van der Waals surface area contributed by atoms with E-state index in [1.54, 1.807) is 0 Å². The molecule has 0 saturated carbocycles. The summed E-state index contributed by atoms with van der Waals surface area (Å²) in [5, 5.41) is 19.2. The van der Waals surface area contributed by atoms with Gasteiger partial charge in [0.05, 0.1) is 12.1 Å². The Bertz CT molecular complexity index is 3320. The molecule has 0 aromatic heterocycles. The van der Waals surface area contributed by atoms with E-state index >= 15 is 0 Å². The minimum Gasteiger partial charge on any atom is -0.366 e. The van der Waals surface area contributed by atoms with Crippen LogP contribution in [0, 0.1) is 0 Å². The van der Waals surface area contributed by atoms with Crippen LogP contribution in [0.1, 0.15) is 57.8 Å². The third-order valence-electron chi connectivity index (χ3n) is 13.4. The van der Waals surface area contributed by atoms with E-state index in [1.807, 2.05) is 0 Å². The lowest BCUT2D eigenvalue weighted by Crippen LogP contribution is -2.38. The maximum atomic E-state index is 3.98. The molecular formula is C59H46N4. The van der Waals surface area contributed by atoms with Gasteiger partial charge in [0.2, 0.25) is 0 Å². The van der Waals surface area contributed by atoms with Crippen LogP contribution in [0.3, 0.4) is 0 Å². The highest BCUT2D eigenvalue weighted by Gasteiger charge is 2.34. The summed E-state index contributed by atoms with van der Waals surface area (Å²) in [5.74, 6) is 0. The molecule has 3 N–H and O–H groups in total. The highest BCUT2D eigenvalue weighted by molar-refractivity contribution is 5.89. The SMILES string of the molecule is CN1C(c2ccc3cc(C4Nc5ccccc5C(c5ccc(-c6ccc7ccccc7c6)cc5)N4)ccc3c2)Nc2ccccc2C1c1ccc(-c2ccc3ccccc3c2)cc1. The average molecular weight is 811 g/mol. The Hall–Kier alpha value is -7.50. The first-order valence-corrected chi connectivity index (χ1v) is 22.0. The molecule has 0 radical (unpaired) electrons. The van der Waals surface area contributed by atoms with Gasteiger partial charge in [-0.1, -0.05) is 182 Å². The van der Waals surface area contributed by atoms with Crippen LogP contribution in [0.25, 0.3) is 54.6 Å². The van der Waals surface area contributed by atoms with E-state index in [-0.39, 0.29) is 24.4 Å². The van der Waals surface area contributed by atoms with Crippen LogP contribution in [0.2, 0.25) is 0 Å². The van der Waals surface area contributed by atoms with Crippen molar-refractivity contribution in [1.29, 1.82) is 0 Å². The Morgan fingerprint density at radius 2 is 0.794 bits per heavy atom. The molecule has 10 aromatic carbocycles. The summed E-state index contributed by atoms with van der Waals surface area (Å²) < 4.78 is 0. The van der Waals surface area contributed by atoms with Crippen LogP contribution in [0.15, 0.2) is 218 Å². The van der Waals surface area contributed by atoms with Gasteiger partial charge in [-0.2, -0.15) is 0 Å². The van der Waals surface area contributed by atoms with Gasteiger partial charge in [-0.15, -0.1) is 0 Å². The summed E-state index contributed by atoms with van der Waals surface area (Å²) in [7, 11) is 2.24. The number of nitrogens with zero attached hydrogens (tertiary/aromatic N) is 1. The fraction of sp³-hybridized carbons (Fsp3) is 0.0847. The van der Waals surface area contributed by atoms with Gasteiger partial charge in [0.1, 0.15) is 12.3 Å². The monoisotopic (exact) mass is 810 g/mol. The fourth-order valence-corrected chi connectivity index (χ4v) is 10.1. The van der Waals surface area contributed by atoms with Crippen molar-refractivity contribution < 1.29 is 0 Å². The summed E-state index contributed by atoms with van der Waals surface area (Å²) in [5.41, 5.74) is 14.7. The molecule has 63 heavy (non-hydrogen) atoms. The van der Waals surface area contributed by atoms with Crippen molar-refractivity contribution >= 4 is 43.7 Å². The summed E-state index contributed by atoms with van der Waals surface area (Å²) in [6.07, 6.45) is -0.0779. The Morgan fingerprint density at radius 1 is 0.349 bits per heavy atom. The van der Waals surface area contributed by atoms with Crippen molar-refractivity contribution in [3.05, 3.63) is 252 Å². The van der Waals surface area contributed by atoms with Crippen molar-refractivity contribution in [3.8, 4) is 22.3 Å². The van der Waals surface area contributed by atoms with Gasteiger partial charge in [-0.25, -0.2) is 0 Å². The van der Waals surface area contributed by atoms with Crippen molar-refractivity contribution in [3.63, 3.8) is 0 Å². The van der Waals surface area contributed by atoms with E-state index < -0.39 is 0 Å². The number of anilines is 2. The lowest BCUT2D eigenvalue weighted by atomic mass is 9.90. The minimum absolute atomic E-state index is 0.0132. The van der Waals surface area contributed by atoms with Gasteiger partial charge in [0.15, 0.2) is 0 Å². The van der Waals surface area contributed by atoms with Gasteiger partial charge in [0.25, 0.3) is 0 Å². The largest absolute Gasteiger partial charge is 0.366 e. The maximum absolute atomic E-state index is 3.98. The molecule has 0 fully saturated rings. The molecule has 10 aromatic rings. The molecule has 12 rings (SSSR count). The molecule has 0 amide bonds. The topological polar surface area (TPSA) is 39.3 Å². The summed E-state index contributed by atoms with van der Waals surface area (Å²) in [6, 6.07) is 80.3. The zero-order valence-electron chi connectivity index (χ0n) is 35.0. The van der Waals surface area contributed by atoms with Crippen LogP contribution in [-0.4, -0.2) is 11.9 Å². The Balaban J connectivity index is 0.814. The third kappa shape index (κ3) is 6.81. The zero-order valence-corrected chi connectivity index (χ0v) is 35.0. The first-order chi connectivity index (χ1) is 31.1. The Kier molecular flexibility index (Phi) is 9.14. The average Bonchev–Trinajstić information content (AvgIpc) is 3.35. The van der Waals surface area contributed by atoms with Crippen LogP contribution in [0.5, 0.6) is 0 Å². The molecule has 302 valence electrons. The molecule has 0 saturated heterocycles. The quantitative estimate of drug-likeness (QED) is 0.156. The number of nitrogens with one attached hydrogen (secondary N) is 3. The van der Waals surface area contributed by atoms with Gasteiger partial charge in [-0.3, -0.25) is 10.2 Å². The molecule has 0 aliphatic carbocycles. The van der Waals surface area contributed by atoms with Gasteiger partial charge >= 0.3 is 0 Å². The summed E-state index contributed by atoms with van der Waals surface area (Å²) in [6.45, 7) is 0. The van der Waals surface area contributed by atoms with Crippen molar-refractivity contribution in [2.24, 2.45) is 0 Å². The van der Waals surface area contributed by atoms with Gasteiger partial charge in [0, 0.05) is 11.4 Å². The van der Waals surface area contributed by atoms with Crippen LogP contribution in [0.4, 0.5) is 11.4 Å². The minimum atomic E-state index is -0.0647. The predicted molar refractivity (Wildman–Crippen MR) is 263 cm³/mol. The number of fused-ring (bicyclic) bond motifs is 5. The maximum Gasteiger partial charge on any atom is 0.106 e. The van der Waals surface area contributed by atoms with Crippen molar-refractivity contribution in [2.45, 2.75) is 24.4 Å². The first-order valence-electron chi connectivity index (χ1n) is 22.0. The highest BCUT2D eigenvalue weighted by Crippen LogP contribution is 2.44. The third-order valence-corrected chi connectivity index (χ3v) is 13.4. The van der Waals surface area contributed by atoms with E-state index in [0.717, 1.165) is 5.69 Å². The second-order valence-corrected chi connectivity index (χ2v) is 17.2.